The van der Waals surface area contributed by atoms with E-state index < -0.39 is 0 Å². The Morgan fingerprint density at radius 3 is 2.71 bits per heavy atom. The zero-order valence-corrected chi connectivity index (χ0v) is 9.44. The zero-order valence-electron chi connectivity index (χ0n) is 7.86. The van der Waals surface area contributed by atoms with Gasteiger partial charge in [-0.3, -0.25) is 0 Å². The Kier molecular flexibility index (Phi) is 3.04. The molecular weight excluding hydrogens is 238 g/mol. The maximum atomic E-state index is 3.51. The molecule has 0 saturated heterocycles. The zero-order chi connectivity index (χ0) is 9.80. The summed E-state index contributed by atoms with van der Waals surface area (Å²) < 4.78 is 1.23. The summed E-state index contributed by atoms with van der Waals surface area (Å²) in [6.07, 6.45) is 6.27. The Balaban J connectivity index is 2.00. The number of hydrogen-bond donors (Lipinski definition) is 0. The van der Waals surface area contributed by atoms with Gasteiger partial charge in [0.1, 0.15) is 0 Å². The van der Waals surface area contributed by atoms with Crippen LogP contribution in [0.5, 0.6) is 0 Å². The van der Waals surface area contributed by atoms with Crippen molar-refractivity contribution in [2.75, 3.05) is 6.54 Å². The average Bonchev–Trinajstić information content (AvgIpc) is 2.19. The van der Waals surface area contributed by atoms with Gasteiger partial charge in [0.15, 0.2) is 0 Å². The average molecular weight is 250 g/mol. The molecule has 14 heavy (non-hydrogen) atoms. The molecule has 0 saturated carbocycles. The highest BCUT2D eigenvalue weighted by Crippen LogP contribution is 2.15. The second-order valence-corrected chi connectivity index (χ2v) is 4.36. The van der Waals surface area contributed by atoms with Gasteiger partial charge in [-0.05, 0) is 23.9 Å². The van der Waals surface area contributed by atoms with E-state index in [0.29, 0.717) is 0 Å². The minimum absolute atomic E-state index is 0.964. The van der Waals surface area contributed by atoms with Crippen LogP contribution in [0.15, 0.2) is 53.2 Å². The molecule has 0 radical (unpaired) electrons. The van der Waals surface area contributed by atoms with Crippen LogP contribution >= 0.6 is 15.9 Å². The molecule has 0 atom stereocenters. The Morgan fingerprint density at radius 2 is 2.00 bits per heavy atom. The van der Waals surface area contributed by atoms with Crippen LogP contribution in [0.2, 0.25) is 0 Å². The largest absolute Gasteiger partial charge is 0.368 e. The van der Waals surface area contributed by atoms with Crippen molar-refractivity contribution in [3.05, 3.63) is 58.7 Å². The van der Waals surface area contributed by atoms with E-state index in [2.05, 4.69) is 63.4 Å². The van der Waals surface area contributed by atoms with Crippen LogP contribution in [0.1, 0.15) is 5.56 Å². The molecule has 72 valence electrons. The van der Waals surface area contributed by atoms with E-state index in [1.807, 2.05) is 6.07 Å². The molecule has 1 aliphatic heterocycles. The van der Waals surface area contributed by atoms with Crippen molar-refractivity contribution in [2.24, 2.45) is 0 Å². The SMILES string of the molecule is BrC1=CC=CN(Cc2ccccc2)C1. The minimum atomic E-state index is 0.964. The second-order valence-electron chi connectivity index (χ2n) is 3.35. The van der Waals surface area contributed by atoms with Crippen LogP contribution in [0.4, 0.5) is 0 Å². The summed E-state index contributed by atoms with van der Waals surface area (Å²) >= 11 is 3.51. The van der Waals surface area contributed by atoms with E-state index in [-0.39, 0.29) is 0 Å². The van der Waals surface area contributed by atoms with Gasteiger partial charge >= 0.3 is 0 Å². The molecule has 0 N–H and O–H groups in total. The molecule has 1 heterocycles. The van der Waals surface area contributed by atoms with Crippen molar-refractivity contribution in [1.82, 2.24) is 4.90 Å². The highest BCUT2D eigenvalue weighted by molar-refractivity contribution is 9.11. The molecule has 0 aromatic heterocycles. The van der Waals surface area contributed by atoms with E-state index >= 15 is 0 Å². The smallest absolute Gasteiger partial charge is 0.0493 e. The van der Waals surface area contributed by atoms with E-state index in [0.717, 1.165) is 13.1 Å². The van der Waals surface area contributed by atoms with Gasteiger partial charge in [0, 0.05) is 17.6 Å². The van der Waals surface area contributed by atoms with Gasteiger partial charge in [0.2, 0.25) is 0 Å². The first-order valence-corrected chi connectivity index (χ1v) is 5.45. The van der Waals surface area contributed by atoms with Crippen LogP contribution in [0.25, 0.3) is 0 Å². The van der Waals surface area contributed by atoms with Crippen molar-refractivity contribution >= 4 is 15.9 Å². The lowest BCUT2D eigenvalue weighted by molar-refractivity contribution is 0.403. The van der Waals surface area contributed by atoms with Gasteiger partial charge in [0.05, 0.1) is 0 Å². The fraction of sp³-hybridized carbons (Fsp3) is 0.167. The van der Waals surface area contributed by atoms with E-state index in [9.17, 15) is 0 Å². The summed E-state index contributed by atoms with van der Waals surface area (Å²) in [5.41, 5.74) is 1.35. The van der Waals surface area contributed by atoms with Crippen LogP contribution in [0, 0.1) is 0 Å². The van der Waals surface area contributed by atoms with Crippen LogP contribution in [-0.4, -0.2) is 11.4 Å². The summed E-state index contributed by atoms with van der Waals surface area (Å²) in [7, 11) is 0. The quantitative estimate of drug-likeness (QED) is 0.778. The molecule has 0 spiro atoms. The maximum Gasteiger partial charge on any atom is 0.0493 e. The lowest BCUT2D eigenvalue weighted by atomic mass is 10.2. The number of hydrogen-bond acceptors (Lipinski definition) is 1. The first-order valence-electron chi connectivity index (χ1n) is 4.65. The molecule has 2 rings (SSSR count). The maximum absolute atomic E-state index is 3.51. The summed E-state index contributed by atoms with van der Waals surface area (Å²) in [4.78, 5) is 2.28. The predicted octanol–water partition coefficient (Wildman–Crippen LogP) is 3.29. The fourth-order valence-electron chi connectivity index (χ4n) is 1.50. The number of allylic oxidation sites excluding steroid dienone is 2. The van der Waals surface area contributed by atoms with Crippen LogP contribution in [0.3, 0.4) is 0 Å². The van der Waals surface area contributed by atoms with Gasteiger partial charge in [0.25, 0.3) is 0 Å². The van der Waals surface area contributed by atoms with Crippen molar-refractivity contribution in [3.63, 3.8) is 0 Å². The van der Waals surface area contributed by atoms with Gasteiger partial charge in [-0.2, -0.15) is 0 Å². The Hall–Kier alpha value is -1.02. The fourth-order valence-corrected chi connectivity index (χ4v) is 1.97. The van der Waals surface area contributed by atoms with Gasteiger partial charge in [-0.25, -0.2) is 0 Å². The lowest BCUT2D eigenvalue weighted by Crippen LogP contribution is -2.19. The Morgan fingerprint density at radius 1 is 1.21 bits per heavy atom. The third-order valence-corrected chi connectivity index (χ3v) is 2.67. The molecule has 1 aliphatic rings. The minimum Gasteiger partial charge on any atom is -0.368 e. The molecule has 1 aromatic carbocycles. The molecule has 0 amide bonds. The number of benzene rings is 1. The van der Waals surface area contributed by atoms with E-state index in [4.69, 9.17) is 0 Å². The van der Waals surface area contributed by atoms with E-state index in [1.165, 1.54) is 10.0 Å². The molecule has 0 unspecified atom stereocenters. The molecule has 0 bridgehead atoms. The topological polar surface area (TPSA) is 3.24 Å². The van der Waals surface area contributed by atoms with Crippen LogP contribution < -0.4 is 0 Å². The molecule has 1 aromatic rings. The molecular formula is C12H12BrN. The molecule has 2 heteroatoms. The normalized spacial score (nSPS) is 15.5. The van der Waals surface area contributed by atoms with E-state index in [1.54, 1.807) is 0 Å². The lowest BCUT2D eigenvalue weighted by Gasteiger charge is -2.22. The molecule has 0 aliphatic carbocycles. The number of rotatable bonds is 2. The summed E-state index contributed by atoms with van der Waals surface area (Å²) in [6, 6.07) is 10.5. The second kappa shape index (κ2) is 4.47. The first kappa shape index (κ1) is 9.53. The number of nitrogens with zero attached hydrogens (tertiary/aromatic N) is 1. The van der Waals surface area contributed by atoms with Gasteiger partial charge in [-0.1, -0.05) is 46.3 Å². The monoisotopic (exact) mass is 249 g/mol. The van der Waals surface area contributed by atoms with Crippen molar-refractivity contribution in [1.29, 1.82) is 0 Å². The van der Waals surface area contributed by atoms with Crippen molar-refractivity contribution in [2.45, 2.75) is 6.54 Å². The molecule has 0 fully saturated rings. The van der Waals surface area contributed by atoms with Gasteiger partial charge in [-0.15, -0.1) is 0 Å². The summed E-state index contributed by atoms with van der Waals surface area (Å²) in [5, 5.41) is 0. The number of halogens is 1. The Labute approximate surface area is 92.9 Å². The highest BCUT2D eigenvalue weighted by atomic mass is 79.9. The highest BCUT2D eigenvalue weighted by Gasteiger charge is 2.04. The third kappa shape index (κ3) is 2.48. The standard InChI is InChI=1S/C12H12BrN/c13-12-7-4-8-14(10-12)9-11-5-2-1-3-6-11/h1-8H,9-10H2. The Bertz CT molecular complexity index is 354. The summed E-state index contributed by atoms with van der Waals surface area (Å²) in [5.74, 6) is 0. The molecule has 1 nitrogen and oxygen atoms in total. The predicted molar refractivity (Wildman–Crippen MR) is 63.0 cm³/mol. The van der Waals surface area contributed by atoms with Gasteiger partial charge < -0.3 is 4.90 Å². The van der Waals surface area contributed by atoms with Crippen LogP contribution in [-0.2, 0) is 6.54 Å². The van der Waals surface area contributed by atoms with Crippen molar-refractivity contribution in [3.8, 4) is 0 Å². The first-order chi connectivity index (χ1) is 6.84. The summed E-state index contributed by atoms with van der Waals surface area (Å²) in [6.45, 7) is 1.94. The van der Waals surface area contributed by atoms with Crippen molar-refractivity contribution < 1.29 is 0 Å². The third-order valence-electron chi connectivity index (χ3n) is 2.16.